The van der Waals surface area contributed by atoms with Crippen LogP contribution < -0.4 is 5.73 Å². The summed E-state index contributed by atoms with van der Waals surface area (Å²) in [5.41, 5.74) is 7.69. The average Bonchev–Trinajstić information content (AvgIpc) is 3.74. The maximum atomic E-state index is 13.6. The Labute approximate surface area is 294 Å². The number of nitrogens with two attached hydrogens (primary N) is 1. The van der Waals surface area contributed by atoms with Crippen LogP contribution in [0.1, 0.15) is 82.2 Å². The number of esters is 3. The lowest BCUT2D eigenvalue weighted by molar-refractivity contribution is -0.0606. The maximum absolute atomic E-state index is 13.6. The Hall–Kier alpha value is -6.06. The molecular formula is C39H37N5O7. The summed E-state index contributed by atoms with van der Waals surface area (Å²) in [6.07, 6.45) is 1.69. The summed E-state index contributed by atoms with van der Waals surface area (Å²) in [6.45, 7) is 1.81. The number of aromatic nitrogens is 4. The molecule has 0 bridgehead atoms. The summed E-state index contributed by atoms with van der Waals surface area (Å²) >= 11 is 0. The van der Waals surface area contributed by atoms with Crippen LogP contribution in [0.15, 0.2) is 97.3 Å². The van der Waals surface area contributed by atoms with Gasteiger partial charge in [0.05, 0.1) is 23.0 Å². The van der Waals surface area contributed by atoms with Crippen molar-refractivity contribution in [2.24, 2.45) is 0 Å². The lowest BCUT2D eigenvalue weighted by atomic mass is 10.1. The lowest BCUT2D eigenvalue weighted by Crippen LogP contribution is -2.41. The summed E-state index contributed by atoms with van der Waals surface area (Å²) in [4.78, 5) is 53.4. The molecule has 5 aromatic rings. The summed E-state index contributed by atoms with van der Waals surface area (Å²) in [5, 5.41) is 0. The van der Waals surface area contributed by atoms with E-state index >= 15 is 0 Å². The van der Waals surface area contributed by atoms with E-state index in [0.717, 1.165) is 25.7 Å². The molecule has 1 saturated heterocycles. The van der Waals surface area contributed by atoms with E-state index in [9.17, 15) is 14.4 Å². The highest BCUT2D eigenvalue weighted by atomic mass is 16.7. The van der Waals surface area contributed by atoms with Gasteiger partial charge in [0.2, 0.25) is 5.82 Å². The van der Waals surface area contributed by atoms with Crippen LogP contribution in [0.2, 0.25) is 0 Å². The predicted octanol–water partition coefficient (Wildman–Crippen LogP) is 5.94. The minimum absolute atomic E-state index is 0.102. The number of hydrogen-bond donors (Lipinski definition) is 1. The van der Waals surface area contributed by atoms with Gasteiger partial charge in [0.25, 0.3) is 0 Å². The maximum Gasteiger partial charge on any atom is 0.338 e. The zero-order valence-corrected chi connectivity index (χ0v) is 28.0. The van der Waals surface area contributed by atoms with Gasteiger partial charge in [-0.05, 0) is 48.7 Å². The SMILES string of the molecule is CCCCCCC#Cc1nc(N)c2ncn([C@@H]3O[C@H](COC(=O)c4ccccc4)[C@@H](OC(=O)c4ccccc4)[C@H]3OC(=O)c3ccccc3)c2n1. The number of ether oxygens (including phenoxy) is 4. The number of nitrogens with zero attached hydrogens (tertiary/aromatic N) is 4. The third-order valence-electron chi connectivity index (χ3n) is 8.26. The van der Waals surface area contributed by atoms with Gasteiger partial charge in [-0.1, -0.05) is 86.7 Å². The number of rotatable bonds is 12. The Morgan fingerprint density at radius 3 is 1.98 bits per heavy atom. The molecule has 0 spiro atoms. The van der Waals surface area contributed by atoms with Crippen LogP contribution in [0.5, 0.6) is 0 Å². The number of nitrogen functional groups attached to an aromatic ring is 1. The first-order valence-corrected chi connectivity index (χ1v) is 16.8. The molecule has 2 aromatic heterocycles. The van der Waals surface area contributed by atoms with E-state index in [2.05, 4.69) is 33.7 Å². The van der Waals surface area contributed by atoms with Crippen molar-refractivity contribution in [3.8, 4) is 11.8 Å². The number of benzene rings is 3. The number of fused-ring (bicyclic) bond motifs is 1. The molecule has 1 aliphatic heterocycles. The Morgan fingerprint density at radius 2 is 1.37 bits per heavy atom. The van der Waals surface area contributed by atoms with Crippen molar-refractivity contribution in [1.29, 1.82) is 0 Å². The fourth-order valence-electron chi connectivity index (χ4n) is 5.64. The van der Waals surface area contributed by atoms with Gasteiger partial charge in [0, 0.05) is 6.42 Å². The van der Waals surface area contributed by atoms with E-state index in [1.165, 1.54) is 10.9 Å². The van der Waals surface area contributed by atoms with Crippen LogP contribution in [0.3, 0.4) is 0 Å². The molecule has 0 saturated carbocycles. The Bertz CT molecular complexity index is 2030. The number of imidazole rings is 1. The standard InChI is InChI=1S/C39H37N5O7/c1-2-3-4-5-6-16-23-30-42-34(40)31-35(43-30)44(25-41-31)36-33(51-39(47)28-21-14-9-15-22-28)32(50-38(46)27-19-12-8-13-20-27)29(49-36)24-48-37(45)26-17-10-7-11-18-26/h7-15,17-22,25,29,32-33,36H,2-6,24H2,1H3,(H2,40,42,43)/t29-,32-,33-,36-/m1/s1. The lowest BCUT2D eigenvalue weighted by Gasteiger charge is -2.25. The number of hydrogen-bond acceptors (Lipinski definition) is 11. The van der Waals surface area contributed by atoms with Crippen LogP contribution in [0, 0.1) is 11.8 Å². The molecule has 12 heteroatoms. The fraction of sp³-hybridized carbons (Fsp3) is 0.282. The quantitative estimate of drug-likeness (QED) is 0.0717. The summed E-state index contributed by atoms with van der Waals surface area (Å²) in [7, 11) is 0. The molecule has 6 rings (SSSR count). The summed E-state index contributed by atoms with van der Waals surface area (Å²) < 4.78 is 25.8. The van der Waals surface area contributed by atoms with Crippen molar-refractivity contribution < 1.29 is 33.3 Å². The van der Waals surface area contributed by atoms with Gasteiger partial charge < -0.3 is 24.7 Å². The fourth-order valence-corrected chi connectivity index (χ4v) is 5.64. The minimum atomic E-state index is -1.26. The third-order valence-corrected chi connectivity index (χ3v) is 8.26. The van der Waals surface area contributed by atoms with Crippen molar-refractivity contribution in [1.82, 2.24) is 19.5 Å². The molecule has 1 fully saturated rings. The van der Waals surface area contributed by atoms with Crippen LogP contribution in [0.4, 0.5) is 5.82 Å². The summed E-state index contributed by atoms with van der Waals surface area (Å²) in [6, 6.07) is 25.2. The smallest absolute Gasteiger partial charge is 0.338 e. The second-order valence-electron chi connectivity index (χ2n) is 11.9. The largest absolute Gasteiger partial charge is 0.459 e. The zero-order valence-electron chi connectivity index (χ0n) is 28.0. The molecule has 3 heterocycles. The van der Waals surface area contributed by atoms with Crippen molar-refractivity contribution in [3.05, 3.63) is 120 Å². The first-order valence-electron chi connectivity index (χ1n) is 16.8. The highest BCUT2D eigenvalue weighted by Gasteiger charge is 2.52. The molecule has 0 amide bonds. The highest BCUT2D eigenvalue weighted by Crippen LogP contribution is 2.37. The van der Waals surface area contributed by atoms with Gasteiger partial charge in [-0.15, -0.1) is 0 Å². The number of unbranched alkanes of at least 4 members (excludes halogenated alkanes) is 4. The summed E-state index contributed by atoms with van der Waals surface area (Å²) in [5.74, 6) is 4.40. The van der Waals surface area contributed by atoms with Gasteiger partial charge in [0.15, 0.2) is 29.9 Å². The number of carbonyl (C=O) groups is 3. The molecule has 3 aromatic carbocycles. The molecule has 4 atom stereocenters. The zero-order chi connectivity index (χ0) is 35.6. The second-order valence-corrected chi connectivity index (χ2v) is 11.9. The third kappa shape index (κ3) is 8.40. The van der Waals surface area contributed by atoms with Gasteiger partial charge in [-0.25, -0.2) is 29.3 Å². The molecule has 0 radical (unpaired) electrons. The molecule has 2 N–H and O–H groups in total. The van der Waals surface area contributed by atoms with E-state index in [4.69, 9.17) is 24.7 Å². The van der Waals surface area contributed by atoms with Gasteiger partial charge in [-0.2, -0.15) is 0 Å². The van der Waals surface area contributed by atoms with Crippen LogP contribution in [0.25, 0.3) is 11.2 Å². The first-order chi connectivity index (χ1) is 24.9. The number of carbonyl (C=O) groups excluding carboxylic acids is 3. The molecule has 0 unspecified atom stereocenters. The minimum Gasteiger partial charge on any atom is -0.459 e. The molecule has 12 nitrogen and oxygen atoms in total. The topological polar surface area (TPSA) is 158 Å². The molecule has 260 valence electrons. The van der Waals surface area contributed by atoms with E-state index < -0.39 is 42.4 Å². The van der Waals surface area contributed by atoms with Crippen molar-refractivity contribution in [2.75, 3.05) is 12.3 Å². The van der Waals surface area contributed by atoms with Crippen LogP contribution in [-0.4, -0.2) is 62.3 Å². The highest BCUT2D eigenvalue weighted by molar-refractivity contribution is 5.91. The Kier molecular flexibility index (Phi) is 11.3. The number of anilines is 1. The van der Waals surface area contributed by atoms with Crippen LogP contribution >= 0.6 is 0 Å². The normalized spacial score (nSPS) is 18.1. The predicted molar refractivity (Wildman–Crippen MR) is 187 cm³/mol. The van der Waals surface area contributed by atoms with Gasteiger partial charge in [-0.3, -0.25) is 4.57 Å². The molecule has 0 aliphatic carbocycles. The van der Waals surface area contributed by atoms with E-state index in [-0.39, 0.29) is 40.5 Å². The first kappa shape index (κ1) is 34.8. The average molecular weight is 688 g/mol. The van der Waals surface area contributed by atoms with Crippen molar-refractivity contribution >= 4 is 34.9 Å². The van der Waals surface area contributed by atoms with Gasteiger partial charge >= 0.3 is 17.9 Å². The van der Waals surface area contributed by atoms with Crippen molar-refractivity contribution in [2.45, 2.75) is 63.6 Å². The van der Waals surface area contributed by atoms with Crippen LogP contribution in [-0.2, 0) is 18.9 Å². The molecule has 1 aliphatic rings. The Balaban J connectivity index is 1.37. The van der Waals surface area contributed by atoms with E-state index in [0.29, 0.717) is 12.0 Å². The Morgan fingerprint density at radius 1 is 0.784 bits per heavy atom. The monoisotopic (exact) mass is 687 g/mol. The molecule has 51 heavy (non-hydrogen) atoms. The van der Waals surface area contributed by atoms with Gasteiger partial charge in [0.1, 0.15) is 18.2 Å². The van der Waals surface area contributed by atoms with Crippen molar-refractivity contribution in [3.63, 3.8) is 0 Å². The van der Waals surface area contributed by atoms with E-state index in [1.807, 2.05) is 0 Å². The second kappa shape index (κ2) is 16.6. The van der Waals surface area contributed by atoms with E-state index in [1.54, 1.807) is 91.0 Å². The molecular weight excluding hydrogens is 650 g/mol.